The van der Waals surface area contributed by atoms with Gasteiger partial charge >= 0.3 is 0 Å². The summed E-state index contributed by atoms with van der Waals surface area (Å²) in [5.41, 5.74) is 3.12. The lowest BCUT2D eigenvalue weighted by atomic mass is 10.0. The molecule has 2 nitrogen and oxygen atoms in total. The maximum atomic E-state index is 13.8. The summed E-state index contributed by atoms with van der Waals surface area (Å²) >= 11 is 0. The highest BCUT2D eigenvalue weighted by Gasteiger charge is 2.07. The Labute approximate surface area is 170 Å². The molecule has 0 fully saturated rings. The maximum Gasteiger partial charge on any atom is 0.119 e. The second kappa shape index (κ2) is 13.3. The zero-order valence-electron chi connectivity index (χ0n) is 17.6. The Morgan fingerprint density at radius 3 is 2.29 bits per heavy atom. The minimum atomic E-state index is -0.696. The Morgan fingerprint density at radius 1 is 0.857 bits per heavy atom. The number of hydrogen-bond donors (Lipinski definition) is 0. The van der Waals surface area contributed by atoms with Crippen molar-refractivity contribution in [3.8, 4) is 17.0 Å². The Hall–Kier alpha value is -1.90. The molecule has 0 N–H and O–H groups in total. The van der Waals surface area contributed by atoms with E-state index in [1.807, 2.05) is 24.4 Å². The van der Waals surface area contributed by atoms with E-state index in [0.717, 1.165) is 54.9 Å². The first-order chi connectivity index (χ1) is 13.7. The van der Waals surface area contributed by atoms with Gasteiger partial charge in [0.05, 0.1) is 12.3 Å². The number of pyridine rings is 1. The van der Waals surface area contributed by atoms with Crippen molar-refractivity contribution in [2.24, 2.45) is 0 Å². The molecule has 0 aliphatic carbocycles. The van der Waals surface area contributed by atoms with Gasteiger partial charge in [-0.3, -0.25) is 4.98 Å². The van der Waals surface area contributed by atoms with Gasteiger partial charge in [0.15, 0.2) is 0 Å². The minimum absolute atomic E-state index is 0.589. The highest BCUT2D eigenvalue weighted by molar-refractivity contribution is 5.60. The predicted octanol–water partition coefficient (Wildman–Crippen LogP) is 7.56. The summed E-state index contributed by atoms with van der Waals surface area (Å²) in [7, 11) is 0. The molecule has 0 aliphatic rings. The number of alkyl halides is 1. The van der Waals surface area contributed by atoms with Gasteiger partial charge in [-0.2, -0.15) is 0 Å². The summed E-state index contributed by atoms with van der Waals surface area (Å²) in [4.78, 5) is 4.56. The van der Waals surface area contributed by atoms with Crippen LogP contribution in [0.15, 0.2) is 42.6 Å². The first kappa shape index (κ1) is 22.4. The predicted molar refractivity (Wildman–Crippen MR) is 117 cm³/mol. The van der Waals surface area contributed by atoms with Crippen LogP contribution in [0.2, 0.25) is 0 Å². The van der Waals surface area contributed by atoms with Crippen molar-refractivity contribution < 1.29 is 9.13 Å². The van der Waals surface area contributed by atoms with Crippen LogP contribution in [0.3, 0.4) is 0 Å². The van der Waals surface area contributed by atoms with Crippen LogP contribution in [-0.4, -0.2) is 17.8 Å². The molecule has 0 saturated carbocycles. The number of rotatable bonds is 14. The van der Waals surface area contributed by atoms with E-state index in [9.17, 15) is 4.39 Å². The molecule has 0 radical (unpaired) electrons. The van der Waals surface area contributed by atoms with Crippen LogP contribution >= 0.6 is 0 Å². The van der Waals surface area contributed by atoms with Gasteiger partial charge in [0.2, 0.25) is 0 Å². The van der Waals surface area contributed by atoms with E-state index in [1.165, 1.54) is 25.7 Å². The Morgan fingerprint density at radius 2 is 1.61 bits per heavy atom. The lowest BCUT2D eigenvalue weighted by Crippen LogP contribution is -2.02. The first-order valence-corrected chi connectivity index (χ1v) is 11.0. The van der Waals surface area contributed by atoms with E-state index >= 15 is 0 Å². The van der Waals surface area contributed by atoms with Crippen molar-refractivity contribution in [2.75, 3.05) is 6.61 Å². The van der Waals surface area contributed by atoms with Gasteiger partial charge in [0.25, 0.3) is 0 Å². The van der Waals surface area contributed by atoms with Gasteiger partial charge < -0.3 is 4.74 Å². The van der Waals surface area contributed by atoms with Crippen LogP contribution in [0, 0.1) is 0 Å². The zero-order chi connectivity index (χ0) is 20.0. The standard InChI is InChI=1S/C25H36FNO/c1-3-5-7-8-9-19-28-24-16-13-22(14-17-24)25-18-12-21(20-27-25)11-15-23(26)10-6-4-2/h12-14,16-18,20,23H,3-11,15,19H2,1-2H3. The molecule has 2 rings (SSSR count). The molecule has 1 heterocycles. The summed E-state index contributed by atoms with van der Waals surface area (Å²) in [6.07, 6.45) is 11.5. The molecule has 1 unspecified atom stereocenters. The van der Waals surface area contributed by atoms with Gasteiger partial charge in [0.1, 0.15) is 11.9 Å². The molecule has 28 heavy (non-hydrogen) atoms. The van der Waals surface area contributed by atoms with E-state index in [1.54, 1.807) is 0 Å². The van der Waals surface area contributed by atoms with Crippen molar-refractivity contribution in [3.63, 3.8) is 0 Å². The molecule has 0 aliphatic heterocycles. The number of ether oxygens (including phenoxy) is 1. The number of nitrogens with zero attached hydrogens (tertiary/aromatic N) is 1. The molecule has 3 heteroatoms. The van der Waals surface area contributed by atoms with Crippen molar-refractivity contribution in [1.82, 2.24) is 4.98 Å². The second-order valence-electron chi connectivity index (χ2n) is 7.62. The molecule has 1 aromatic heterocycles. The van der Waals surface area contributed by atoms with E-state index in [0.29, 0.717) is 12.8 Å². The molecule has 0 bridgehead atoms. The van der Waals surface area contributed by atoms with Crippen molar-refractivity contribution in [2.45, 2.75) is 84.2 Å². The Kier molecular flexibility index (Phi) is 10.6. The maximum absolute atomic E-state index is 13.8. The summed E-state index contributed by atoms with van der Waals surface area (Å²) in [6.45, 7) is 5.11. The fraction of sp³-hybridized carbons (Fsp3) is 0.560. The second-order valence-corrected chi connectivity index (χ2v) is 7.62. The first-order valence-electron chi connectivity index (χ1n) is 11.0. The van der Waals surface area contributed by atoms with Gasteiger partial charge in [0, 0.05) is 11.8 Å². The summed E-state index contributed by atoms with van der Waals surface area (Å²) in [5.74, 6) is 0.914. The number of unbranched alkanes of at least 4 members (excludes halogenated alkanes) is 5. The van der Waals surface area contributed by atoms with Crippen LogP contribution in [-0.2, 0) is 6.42 Å². The number of aryl methyl sites for hydroxylation is 1. The summed E-state index contributed by atoms with van der Waals surface area (Å²) in [6, 6.07) is 12.2. The number of hydrogen-bond acceptors (Lipinski definition) is 2. The SMILES string of the molecule is CCCCCCCOc1ccc(-c2ccc(CCC(F)CCCC)cn2)cc1. The molecule has 0 amide bonds. The lowest BCUT2D eigenvalue weighted by molar-refractivity contribution is 0.290. The van der Waals surface area contributed by atoms with Crippen LogP contribution < -0.4 is 4.74 Å². The van der Waals surface area contributed by atoms with Crippen molar-refractivity contribution in [3.05, 3.63) is 48.2 Å². The van der Waals surface area contributed by atoms with Gasteiger partial charge in [-0.1, -0.05) is 58.4 Å². The fourth-order valence-electron chi connectivity index (χ4n) is 3.25. The third-order valence-electron chi connectivity index (χ3n) is 5.11. The summed E-state index contributed by atoms with van der Waals surface area (Å²) in [5, 5.41) is 0. The molecule has 1 atom stereocenters. The smallest absolute Gasteiger partial charge is 0.119 e. The van der Waals surface area contributed by atoms with Crippen molar-refractivity contribution in [1.29, 1.82) is 0 Å². The number of aromatic nitrogens is 1. The third-order valence-corrected chi connectivity index (χ3v) is 5.11. The Balaban J connectivity index is 1.77. The molecule has 2 aromatic rings. The van der Waals surface area contributed by atoms with Gasteiger partial charge in [-0.15, -0.1) is 0 Å². The Bertz CT molecular complexity index is 639. The monoisotopic (exact) mass is 385 g/mol. The van der Waals surface area contributed by atoms with Crippen LogP contribution in [0.25, 0.3) is 11.3 Å². The topological polar surface area (TPSA) is 22.1 Å². The number of halogens is 1. The highest BCUT2D eigenvalue weighted by Crippen LogP contribution is 2.22. The number of benzene rings is 1. The van der Waals surface area contributed by atoms with E-state index in [2.05, 4.69) is 37.0 Å². The molecule has 1 aromatic carbocycles. The average Bonchev–Trinajstić information content (AvgIpc) is 2.74. The highest BCUT2D eigenvalue weighted by atomic mass is 19.1. The normalized spacial score (nSPS) is 12.1. The van der Waals surface area contributed by atoms with Crippen molar-refractivity contribution >= 4 is 0 Å². The zero-order valence-corrected chi connectivity index (χ0v) is 17.6. The van der Waals surface area contributed by atoms with E-state index in [-0.39, 0.29) is 0 Å². The molecule has 0 saturated heterocycles. The van der Waals surface area contributed by atoms with E-state index in [4.69, 9.17) is 4.74 Å². The minimum Gasteiger partial charge on any atom is -0.494 e. The van der Waals surface area contributed by atoms with Crippen LogP contribution in [0.1, 0.15) is 77.2 Å². The van der Waals surface area contributed by atoms with E-state index < -0.39 is 6.17 Å². The quantitative estimate of drug-likeness (QED) is 0.313. The van der Waals surface area contributed by atoms with Crippen LogP contribution in [0.4, 0.5) is 4.39 Å². The molecular formula is C25H36FNO. The van der Waals surface area contributed by atoms with Gasteiger partial charge in [-0.05, 0) is 61.6 Å². The average molecular weight is 386 g/mol. The molecule has 154 valence electrons. The molecular weight excluding hydrogens is 349 g/mol. The molecule has 0 spiro atoms. The fourth-order valence-corrected chi connectivity index (χ4v) is 3.25. The summed E-state index contributed by atoms with van der Waals surface area (Å²) < 4.78 is 19.6. The van der Waals surface area contributed by atoms with Crippen LogP contribution in [0.5, 0.6) is 5.75 Å². The third kappa shape index (κ3) is 8.41. The van der Waals surface area contributed by atoms with Gasteiger partial charge in [-0.25, -0.2) is 4.39 Å². The largest absolute Gasteiger partial charge is 0.494 e. The lowest BCUT2D eigenvalue weighted by Gasteiger charge is -2.09.